The fourth-order valence-electron chi connectivity index (χ4n) is 3.26. The highest BCUT2D eigenvalue weighted by atomic mass is 32.1. The molecule has 7 heteroatoms. The number of piperidine rings is 1. The van der Waals surface area contributed by atoms with Crippen molar-refractivity contribution in [2.45, 2.75) is 46.5 Å². The minimum Gasteiger partial charge on any atom is -0.356 e. The van der Waals surface area contributed by atoms with E-state index in [4.69, 9.17) is 0 Å². The first-order valence-electron chi connectivity index (χ1n) is 8.84. The van der Waals surface area contributed by atoms with Gasteiger partial charge in [0.05, 0.1) is 5.39 Å². The second-order valence-corrected chi connectivity index (χ2v) is 8.52. The predicted octanol–water partition coefficient (Wildman–Crippen LogP) is 2.04. The van der Waals surface area contributed by atoms with Gasteiger partial charge in [0, 0.05) is 24.3 Å². The Kier molecular flexibility index (Phi) is 5.24. The number of carbonyl (C=O) groups is 1. The molecule has 1 aliphatic heterocycles. The number of fused-ring (bicyclic) bond motifs is 1. The van der Waals surface area contributed by atoms with Crippen LogP contribution in [0.25, 0.3) is 10.2 Å². The number of hydrogen-bond acceptors (Lipinski definition) is 5. The maximum absolute atomic E-state index is 12.3. The normalized spacial score (nSPS) is 16.9. The van der Waals surface area contributed by atoms with E-state index >= 15 is 0 Å². The molecule has 2 aromatic heterocycles. The van der Waals surface area contributed by atoms with Gasteiger partial charge < -0.3 is 15.6 Å². The van der Waals surface area contributed by atoms with Crippen LogP contribution in [-0.4, -0.2) is 35.5 Å². The fraction of sp³-hybridized carbons (Fsp3) is 0.611. The lowest BCUT2D eigenvalue weighted by atomic mass is 9.81. The molecule has 6 nitrogen and oxygen atoms in total. The summed E-state index contributed by atoms with van der Waals surface area (Å²) in [7, 11) is 0. The smallest absolute Gasteiger partial charge is 0.259 e. The second kappa shape index (κ2) is 7.25. The molecular weight excluding hydrogens is 336 g/mol. The molecule has 0 saturated carbocycles. The Morgan fingerprint density at radius 2 is 2.04 bits per heavy atom. The van der Waals surface area contributed by atoms with Gasteiger partial charge in [0.1, 0.15) is 10.7 Å². The first kappa shape index (κ1) is 18.1. The largest absolute Gasteiger partial charge is 0.356 e. The molecule has 0 bridgehead atoms. The highest BCUT2D eigenvalue weighted by molar-refractivity contribution is 7.18. The summed E-state index contributed by atoms with van der Waals surface area (Å²) < 4.78 is 0. The molecule has 0 radical (unpaired) electrons. The van der Waals surface area contributed by atoms with Crippen LogP contribution in [0, 0.1) is 19.3 Å². The molecule has 0 atom stereocenters. The third-order valence-corrected chi connectivity index (χ3v) is 6.30. The first-order chi connectivity index (χ1) is 11.9. The molecule has 0 aliphatic carbocycles. The summed E-state index contributed by atoms with van der Waals surface area (Å²) in [6.07, 6.45) is 2.95. The van der Waals surface area contributed by atoms with Crippen molar-refractivity contribution in [2.75, 3.05) is 19.6 Å². The zero-order valence-electron chi connectivity index (χ0n) is 15.1. The molecule has 1 aliphatic rings. The quantitative estimate of drug-likeness (QED) is 0.760. The summed E-state index contributed by atoms with van der Waals surface area (Å²) in [6, 6.07) is 0. The van der Waals surface area contributed by atoms with Crippen LogP contribution < -0.4 is 16.2 Å². The number of rotatable bonds is 5. The van der Waals surface area contributed by atoms with Crippen molar-refractivity contribution in [3.05, 3.63) is 26.6 Å². The number of thiophene rings is 1. The summed E-state index contributed by atoms with van der Waals surface area (Å²) in [6.45, 7) is 8.89. The number of nitrogens with one attached hydrogen (secondary N) is 3. The minimum atomic E-state index is -0.107. The Morgan fingerprint density at radius 3 is 2.76 bits per heavy atom. The van der Waals surface area contributed by atoms with Crippen molar-refractivity contribution in [1.29, 1.82) is 0 Å². The first-order valence-corrected chi connectivity index (χ1v) is 9.66. The average Bonchev–Trinajstić information content (AvgIpc) is 2.86. The molecule has 3 heterocycles. The van der Waals surface area contributed by atoms with E-state index in [-0.39, 0.29) is 16.9 Å². The maximum atomic E-state index is 12.3. The van der Waals surface area contributed by atoms with Gasteiger partial charge in [0.25, 0.3) is 5.56 Å². The van der Waals surface area contributed by atoms with Crippen molar-refractivity contribution in [3.8, 4) is 0 Å². The molecule has 3 rings (SSSR count). The van der Waals surface area contributed by atoms with Crippen molar-refractivity contribution in [3.63, 3.8) is 0 Å². The maximum Gasteiger partial charge on any atom is 0.259 e. The van der Waals surface area contributed by atoms with E-state index in [0.29, 0.717) is 30.6 Å². The third-order valence-electron chi connectivity index (χ3n) is 5.20. The molecule has 0 aromatic carbocycles. The van der Waals surface area contributed by atoms with Crippen molar-refractivity contribution >= 4 is 27.5 Å². The van der Waals surface area contributed by atoms with Crippen molar-refractivity contribution in [2.24, 2.45) is 5.41 Å². The van der Waals surface area contributed by atoms with Gasteiger partial charge in [0.2, 0.25) is 5.91 Å². The zero-order valence-corrected chi connectivity index (χ0v) is 15.9. The predicted molar refractivity (Wildman–Crippen MR) is 101 cm³/mol. The van der Waals surface area contributed by atoms with Gasteiger partial charge in [0.15, 0.2) is 0 Å². The monoisotopic (exact) mass is 362 g/mol. The summed E-state index contributed by atoms with van der Waals surface area (Å²) in [5.74, 6) is 0.600. The number of nitrogens with zero attached hydrogens (tertiary/aromatic N) is 1. The van der Waals surface area contributed by atoms with E-state index in [1.165, 1.54) is 11.3 Å². The molecular formula is C18H26N4O2S. The van der Waals surface area contributed by atoms with Crippen LogP contribution in [0.3, 0.4) is 0 Å². The lowest BCUT2D eigenvalue weighted by Crippen LogP contribution is -2.42. The molecule has 0 spiro atoms. The lowest BCUT2D eigenvalue weighted by Gasteiger charge is -2.34. The SMILES string of the molecule is Cc1sc2nc(CCC(=O)NCC3(C)CCNCC3)[nH]c(=O)c2c1C. The third kappa shape index (κ3) is 4.10. The number of aromatic nitrogens is 2. The zero-order chi connectivity index (χ0) is 18.0. The topological polar surface area (TPSA) is 86.9 Å². The van der Waals surface area contributed by atoms with Crippen LogP contribution in [0.5, 0.6) is 0 Å². The van der Waals surface area contributed by atoms with Crippen LogP contribution in [0.2, 0.25) is 0 Å². The number of aryl methyl sites for hydroxylation is 3. The van der Waals surface area contributed by atoms with Crippen LogP contribution in [0.4, 0.5) is 0 Å². The van der Waals surface area contributed by atoms with Gasteiger partial charge in [-0.1, -0.05) is 6.92 Å². The summed E-state index contributed by atoms with van der Waals surface area (Å²) in [4.78, 5) is 33.6. The van der Waals surface area contributed by atoms with Crippen LogP contribution in [0.15, 0.2) is 4.79 Å². The Labute approximate surface area is 151 Å². The number of aromatic amines is 1. The number of carbonyl (C=O) groups excluding carboxylic acids is 1. The van der Waals surface area contributed by atoms with E-state index in [1.807, 2.05) is 13.8 Å². The van der Waals surface area contributed by atoms with E-state index in [1.54, 1.807) is 0 Å². The molecule has 1 saturated heterocycles. The average molecular weight is 362 g/mol. The van der Waals surface area contributed by atoms with Gasteiger partial charge in [-0.3, -0.25) is 9.59 Å². The second-order valence-electron chi connectivity index (χ2n) is 7.31. The van der Waals surface area contributed by atoms with E-state index in [0.717, 1.165) is 41.2 Å². The summed E-state index contributed by atoms with van der Waals surface area (Å²) in [5, 5.41) is 7.07. The Balaban J connectivity index is 1.58. The molecule has 0 unspecified atom stereocenters. The lowest BCUT2D eigenvalue weighted by molar-refractivity contribution is -0.121. The standard InChI is InChI=1S/C18H26N4O2S/c1-11-12(2)25-17-15(11)16(24)21-13(22-17)4-5-14(23)20-10-18(3)6-8-19-9-7-18/h19H,4-10H2,1-3H3,(H,20,23)(H,21,22,24). The Hall–Kier alpha value is -1.73. The summed E-state index contributed by atoms with van der Waals surface area (Å²) in [5.41, 5.74) is 1.07. The van der Waals surface area contributed by atoms with Gasteiger partial charge in [-0.05, 0) is 50.8 Å². The molecule has 2 aromatic rings. The highest BCUT2D eigenvalue weighted by Crippen LogP contribution is 2.27. The van der Waals surface area contributed by atoms with Gasteiger partial charge in [-0.25, -0.2) is 4.98 Å². The molecule has 3 N–H and O–H groups in total. The highest BCUT2D eigenvalue weighted by Gasteiger charge is 2.26. The van der Waals surface area contributed by atoms with Crippen LogP contribution in [-0.2, 0) is 11.2 Å². The molecule has 1 amide bonds. The van der Waals surface area contributed by atoms with E-state index in [2.05, 4.69) is 27.5 Å². The molecule has 1 fully saturated rings. The van der Waals surface area contributed by atoms with E-state index < -0.39 is 0 Å². The number of amides is 1. The van der Waals surface area contributed by atoms with Gasteiger partial charge in [-0.2, -0.15) is 0 Å². The van der Waals surface area contributed by atoms with Crippen LogP contribution >= 0.6 is 11.3 Å². The minimum absolute atomic E-state index is 0.0149. The molecule has 25 heavy (non-hydrogen) atoms. The molecule has 136 valence electrons. The van der Waals surface area contributed by atoms with E-state index in [9.17, 15) is 9.59 Å². The number of H-pyrrole nitrogens is 1. The fourth-order valence-corrected chi connectivity index (χ4v) is 4.31. The van der Waals surface area contributed by atoms with Crippen LogP contribution in [0.1, 0.15) is 42.5 Å². The van der Waals surface area contributed by atoms with Crippen molar-refractivity contribution in [1.82, 2.24) is 20.6 Å². The van der Waals surface area contributed by atoms with Crippen molar-refractivity contribution < 1.29 is 4.79 Å². The Morgan fingerprint density at radius 1 is 1.32 bits per heavy atom. The van der Waals surface area contributed by atoms with Gasteiger partial charge in [-0.15, -0.1) is 11.3 Å². The number of hydrogen-bond donors (Lipinski definition) is 3. The summed E-state index contributed by atoms with van der Waals surface area (Å²) >= 11 is 1.53. The van der Waals surface area contributed by atoms with Gasteiger partial charge >= 0.3 is 0 Å². The Bertz CT molecular complexity index is 833.